The van der Waals surface area contributed by atoms with Gasteiger partial charge in [0.05, 0.1) is 17.9 Å². The molecule has 0 unspecified atom stereocenters. The molecule has 0 bridgehead atoms. The monoisotopic (exact) mass is 244 g/mol. The lowest BCUT2D eigenvalue weighted by atomic mass is 10.2. The third-order valence-corrected chi connectivity index (χ3v) is 3.28. The van der Waals surface area contributed by atoms with E-state index in [0.29, 0.717) is 23.6 Å². The van der Waals surface area contributed by atoms with Gasteiger partial charge in [0.15, 0.2) is 0 Å². The number of nitrogens with zero attached hydrogens (tertiary/aromatic N) is 1. The van der Waals surface area contributed by atoms with Gasteiger partial charge in [-0.15, -0.1) is 11.3 Å². The van der Waals surface area contributed by atoms with Crippen molar-refractivity contribution >= 4 is 17.0 Å². The van der Waals surface area contributed by atoms with Crippen molar-refractivity contribution in [2.24, 2.45) is 0 Å². The number of rotatable bonds is 4. The summed E-state index contributed by atoms with van der Waals surface area (Å²) in [6, 6.07) is 11.3. The molecule has 17 heavy (non-hydrogen) atoms. The average molecular weight is 244 g/mol. The molecule has 2 aromatic rings. The van der Waals surface area contributed by atoms with Crippen molar-refractivity contribution in [2.45, 2.75) is 6.42 Å². The molecule has 1 aromatic carbocycles. The zero-order chi connectivity index (χ0) is 12.1. The molecular weight excluding hydrogens is 232 g/mol. The fourth-order valence-electron chi connectivity index (χ4n) is 1.46. The van der Waals surface area contributed by atoms with Gasteiger partial charge in [0, 0.05) is 17.4 Å². The average Bonchev–Trinajstić information content (AvgIpc) is 2.82. The van der Waals surface area contributed by atoms with Crippen LogP contribution in [0.3, 0.4) is 0 Å². The lowest BCUT2D eigenvalue weighted by molar-refractivity contribution is 0.323. The lowest BCUT2D eigenvalue weighted by Crippen LogP contribution is -2.01. The smallest absolute Gasteiger partial charge is 0.121 e. The molecule has 4 heteroatoms. The third-order valence-electron chi connectivity index (χ3n) is 2.34. The molecule has 0 fully saturated rings. The van der Waals surface area contributed by atoms with Crippen molar-refractivity contribution < 1.29 is 4.74 Å². The summed E-state index contributed by atoms with van der Waals surface area (Å²) in [5.41, 5.74) is 6.64. The Kier molecular flexibility index (Phi) is 3.63. The molecule has 0 spiro atoms. The fourth-order valence-corrected chi connectivity index (χ4v) is 2.15. The Morgan fingerprint density at radius 1 is 1.35 bits per heavy atom. The fraction of sp³-hybridized carbons (Fsp3) is 0.154. The first-order valence-corrected chi connectivity index (χ1v) is 6.12. The molecule has 0 amide bonds. The molecule has 1 aromatic heterocycles. The summed E-state index contributed by atoms with van der Waals surface area (Å²) in [5, 5.41) is 10.8. The standard InChI is InChI=1S/C13H12N2OS/c14-9-10-3-4-11(8-13(10)15)16-6-5-12-2-1-7-17-12/h1-4,7-8H,5-6,15H2. The van der Waals surface area contributed by atoms with Crippen molar-refractivity contribution in [1.29, 1.82) is 5.26 Å². The van der Waals surface area contributed by atoms with E-state index < -0.39 is 0 Å². The van der Waals surface area contributed by atoms with Crippen LogP contribution in [0.1, 0.15) is 10.4 Å². The molecule has 86 valence electrons. The second kappa shape index (κ2) is 5.37. The van der Waals surface area contributed by atoms with Crippen LogP contribution in [-0.2, 0) is 6.42 Å². The van der Waals surface area contributed by atoms with Crippen LogP contribution in [0, 0.1) is 11.3 Å². The van der Waals surface area contributed by atoms with E-state index in [2.05, 4.69) is 11.4 Å². The second-order valence-electron chi connectivity index (χ2n) is 3.54. The Balaban J connectivity index is 1.91. The number of thiophene rings is 1. The van der Waals surface area contributed by atoms with Crippen molar-refractivity contribution in [2.75, 3.05) is 12.3 Å². The molecule has 0 atom stereocenters. The number of nitrogens with two attached hydrogens (primary N) is 1. The summed E-state index contributed by atoms with van der Waals surface area (Å²) in [7, 11) is 0. The Morgan fingerprint density at radius 3 is 2.88 bits per heavy atom. The van der Waals surface area contributed by atoms with E-state index in [9.17, 15) is 0 Å². The molecule has 0 aliphatic rings. The summed E-state index contributed by atoms with van der Waals surface area (Å²) in [5.74, 6) is 0.707. The minimum Gasteiger partial charge on any atom is -0.493 e. The van der Waals surface area contributed by atoms with Crippen LogP contribution >= 0.6 is 11.3 Å². The molecule has 0 saturated heterocycles. The summed E-state index contributed by atoms with van der Waals surface area (Å²) in [6.45, 7) is 0.617. The maximum atomic E-state index is 8.74. The van der Waals surface area contributed by atoms with Crippen LogP contribution in [0.15, 0.2) is 35.7 Å². The van der Waals surface area contributed by atoms with Gasteiger partial charge in [-0.05, 0) is 23.6 Å². The Morgan fingerprint density at radius 2 is 2.24 bits per heavy atom. The predicted octanol–water partition coefficient (Wildman–Crippen LogP) is 2.82. The number of nitrogen functional groups attached to an aromatic ring is 1. The van der Waals surface area contributed by atoms with E-state index in [4.69, 9.17) is 15.7 Å². The molecule has 1 heterocycles. The first-order valence-electron chi connectivity index (χ1n) is 5.24. The minimum absolute atomic E-state index is 0.459. The Labute approximate surface area is 104 Å². The zero-order valence-electron chi connectivity index (χ0n) is 9.22. The van der Waals surface area contributed by atoms with Crippen molar-refractivity contribution in [3.8, 4) is 11.8 Å². The highest BCUT2D eigenvalue weighted by Gasteiger charge is 2.01. The van der Waals surface area contributed by atoms with Gasteiger partial charge in [-0.3, -0.25) is 0 Å². The lowest BCUT2D eigenvalue weighted by Gasteiger charge is -2.06. The maximum absolute atomic E-state index is 8.74. The number of nitriles is 1. The van der Waals surface area contributed by atoms with Crippen LogP contribution < -0.4 is 10.5 Å². The van der Waals surface area contributed by atoms with Crippen molar-refractivity contribution in [3.05, 3.63) is 46.2 Å². The minimum atomic E-state index is 0.459. The first kappa shape index (κ1) is 11.5. The topological polar surface area (TPSA) is 59.0 Å². The Hall–Kier alpha value is -1.99. The van der Waals surface area contributed by atoms with Gasteiger partial charge >= 0.3 is 0 Å². The highest BCUT2D eigenvalue weighted by Crippen LogP contribution is 2.19. The van der Waals surface area contributed by atoms with E-state index >= 15 is 0 Å². The molecule has 2 rings (SSSR count). The van der Waals surface area contributed by atoms with E-state index in [0.717, 1.165) is 6.42 Å². The van der Waals surface area contributed by atoms with E-state index in [-0.39, 0.29) is 0 Å². The number of hydrogen-bond acceptors (Lipinski definition) is 4. The molecule has 0 saturated carbocycles. The zero-order valence-corrected chi connectivity index (χ0v) is 10.0. The van der Waals surface area contributed by atoms with E-state index in [1.165, 1.54) is 4.88 Å². The second-order valence-corrected chi connectivity index (χ2v) is 4.57. The van der Waals surface area contributed by atoms with Gasteiger partial charge in [-0.1, -0.05) is 6.07 Å². The molecule has 2 N–H and O–H groups in total. The maximum Gasteiger partial charge on any atom is 0.121 e. The van der Waals surface area contributed by atoms with Crippen LogP contribution in [0.25, 0.3) is 0 Å². The Bertz CT molecular complexity index is 529. The highest BCUT2D eigenvalue weighted by atomic mass is 32.1. The van der Waals surface area contributed by atoms with E-state index in [1.807, 2.05) is 12.1 Å². The van der Waals surface area contributed by atoms with Gasteiger partial charge in [-0.25, -0.2) is 0 Å². The van der Waals surface area contributed by atoms with Crippen LogP contribution in [0.4, 0.5) is 5.69 Å². The molecule has 0 aliphatic heterocycles. The van der Waals surface area contributed by atoms with Gasteiger partial charge < -0.3 is 10.5 Å². The summed E-state index contributed by atoms with van der Waals surface area (Å²) >= 11 is 1.72. The number of ether oxygens (including phenoxy) is 1. The third kappa shape index (κ3) is 2.99. The van der Waals surface area contributed by atoms with Gasteiger partial charge in [0.1, 0.15) is 11.8 Å². The van der Waals surface area contributed by atoms with Crippen molar-refractivity contribution in [1.82, 2.24) is 0 Å². The summed E-state index contributed by atoms with van der Waals surface area (Å²) in [6.07, 6.45) is 0.886. The van der Waals surface area contributed by atoms with Gasteiger partial charge in [0.2, 0.25) is 0 Å². The highest BCUT2D eigenvalue weighted by molar-refractivity contribution is 7.09. The van der Waals surface area contributed by atoms with Crippen LogP contribution in [0.5, 0.6) is 5.75 Å². The largest absolute Gasteiger partial charge is 0.493 e. The van der Waals surface area contributed by atoms with Gasteiger partial charge in [0.25, 0.3) is 0 Å². The molecule has 0 aliphatic carbocycles. The number of benzene rings is 1. The summed E-state index contributed by atoms with van der Waals surface area (Å²) < 4.78 is 5.58. The molecular formula is C13H12N2OS. The predicted molar refractivity (Wildman–Crippen MR) is 69.1 cm³/mol. The van der Waals surface area contributed by atoms with E-state index in [1.54, 1.807) is 29.5 Å². The number of hydrogen-bond donors (Lipinski definition) is 1. The molecule has 0 radical (unpaired) electrons. The SMILES string of the molecule is N#Cc1ccc(OCCc2cccs2)cc1N. The normalized spacial score (nSPS) is 9.82. The van der Waals surface area contributed by atoms with Crippen molar-refractivity contribution in [3.63, 3.8) is 0 Å². The van der Waals surface area contributed by atoms with Crippen LogP contribution in [0.2, 0.25) is 0 Å². The summed E-state index contributed by atoms with van der Waals surface area (Å²) in [4.78, 5) is 1.30. The molecule has 3 nitrogen and oxygen atoms in total. The quantitative estimate of drug-likeness (QED) is 0.841. The first-order chi connectivity index (χ1) is 8.29. The van der Waals surface area contributed by atoms with Crippen LogP contribution in [-0.4, -0.2) is 6.61 Å². The number of anilines is 1. The van der Waals surface area contributed by atoms with Gasteiger partial charge in [-0.2, -0.15) is 5.26 Å².